The Hall–Kier alpha value is -2.21. The van der Waals surface area contributed by atoms with Gasteiger partial charge in [0.05, 0.1) is 18.5 Å². The molecule has 2 rings (SSSR count). The Morgan fingerprint density at radius 2 is 1.79 bits per heavy atom. The van der Waals surface area contributed by atoms with Gasteiger partial charge < -0.3 is 15.2 Å². The molecule has 100 valence electrons. The van der Waals surface area contributed by atoms with Crippen LogP contribution in [0, 0.1) is 13.8 Å². The zero-order valence-corrected chi connectivity index (χ0v) is 11.2. The van der Waals surface area contributed by atoms with E-state index in [1.54, 1.807) is 13.2 Å². The number of hydrogen-bond donors (Lipinski definition) is 1. The summed E-state index contributed by atoms with van der Waals surface area (Å²) >= 11 is 0. The van der Waals surface area contributed by atoms with Crippen LogP contribution in [-0.2, 0) is 6.54 Å². The van der Waals surface area contributed by atoms with Crippen LogP contribution in [0.25, 0.3) is 0 Å². The molecule has 1 aromatic carbocycles. The third-order valence-electron chi connectivity index (χ3n) is 2.69. The first kappa shape index (κ1) is 13.2. The topological polar surface area (TPSA) is 83.2 Å². The minimum atomic E-state index is 0.208. The summed E-state index contributed by atoms with van der Waals surface area (Å²) in [6, 6.07) is 5.63. The van der Waals surface area contributed by atoms with E-state index in [2.05, 4.69) is 15.2 Å². The molecule has 0 aliphatic heterocycles. The maximum absolute atomic E-state index is 5.62. The molecular weight excluding hydrogens is 244 g/mol. The van der Waals surface area contributed by atoms with Crippen molar-refractivity contribution in [2.75, 3.05) is 7.11 Å². The lowest BCUT2D eigenvalue weighted by Gasteiger charge is -2.08. The highest BCUT2D eigenvalue weighted by molar-refractivity contribution is 5.39. The zero-order valence-electron chi connectivity index (χ0n) is 11.2. The summed E-state index contributed by atoms with van der Waals surface area (Å²) in [5.41, 5.74) is 8.10. The molecule has 0 bridgehead atoms. The van der Waals surface area contributed by atoms with Gasteiger partial charge >= 0.3 is 6.01 Å². The van der Waals surface area contributed by atoms with Gasteiger partial charge in [0.15, 0.2) is 0 Å². The highest BCUT2D eigenvalue weighted by Gasteiger charge is 2.07. The number of ether oxygens (including phenoxy) is 2. The maximum Gasteiger partial charge on any atom is 0.341 e. The summed E-state index contributed by atoms with van der Waals surface area (Å²) < 4.78 is 10.8. The van der Waals surface area contributed by atoms with Gasteiger partial charge in [0.1, 0.15) is 11.5 Å². The molecule has 1 aromatic heterocycles. The van der Waals surface area contributed by atoms with Crippen molar-refractivity contribution in [3.63, 3.8) is 0 Å². The Balaban J connectivity index is 2.29. The Bertz CT molecular complexity index is 565. The van der Waals surface area contributed by atoms with Gasteiger partial charge in [-0.2, -0.15) is 4.98 Å². The Labute approximate surface area is 111 Å². The number of nitrogens with zero attached hydrogens (tertiary/aromatic N) is 3. The number of aromatic nitrogens is 3. The average Bonchev–Trinajstić information content (AvgIpc) is 2.42. The van der Waals surface area contributed by atoms with Crippen LogP contribution in [-0.4, -0.2) is 22.3 Å². The van der Waals surface area contributed by atoms with Crippen LogP contribution in [0.4, 0.5) is 0 Å². The number of nitrogens with two attached hydrogens (primary N) is 1. The summed E-state index contributed by atoms with van der Waals surface area (Å²) in [5, 5.41) is 7.86. The molecule has 2 N–H and O–H groups in total. The predicted molar refractivity (Wildman–Crippen MR) is 70.3 cm³/mol. The molecule has 0 spiro atoms. The van der Waals surface area contributed by atoms with Crippen molar-refractivity contribution in [2.45, 2.75) is 20.4 Å². The van der Waals surface area contributed by atoms with Crippen LogP contribution < -0.4 is 15.2 Å². The molecule has 0 unspecified atom stereocenters. The van der Waals surface area contributed by atoms with Crippen molar-refractivity contribution in [1.82, 2.24) is 15.2 Å². The third-order valence-corrected chi connectivity index (χ3v) is 2.69. The van der Waals surface area contributed by atoms with Crippen LogP contribution in [0.3, 0.4) is 0 Å². The molecule has 1 heterocycles. The fourth-order valence-corrected chi connectivity index (χ4v) is 1.51. The van der Waals surface area contributed by atoms with Gasteiger partial charge in [-0.1, -0.05) is 5.10 Å². The van der Waals surface area contributed by atoms with E-state index in [9.17, 15) is 0 Å². The number of rotatable bonds is 4. The van der Waals surface area contributed by atoms with Crippen LogP contribution in [0.15, 0.2) is 18.2 Å². The van der Waals surface area contributed by atoms with E-state index in [-0.39, 0.29) is 6.01 Å². The number of aryl methyl sites for hydroxylation is 2. The second-order valence-electron chi connectivity index (χ2n) is 4.09. The highest BCUT2D eigenvalue weighted by atomic mass is 16.5. The number of methoxy groups -OCH3 is 1. The first-order valence-corrected chi connectivity index (χ1v) is 5.86. The summed E-state index contributed by atoms with van der Waals surface area (Å²) in [6.07, 6.45) is 0. The average molecular weight is 260 g/mol. The molecule has 0 fully saturated rings. The molecule has 0 amide bonds. The fourth-order valence-electron chi connectivity index (χ4n) is 1.51. The van der Waals surface area contributed by atoms with E-state index < -0.39 is 0 Å². The largest absolute Gasteiger partial charge is 0.497 e. The van der Waals surface area contributed by atoms with E-state index in [0.29, 0.717) is 18.0 Å². The summed E-state index contributed by atoms with van der Waals surface area (Å²) in [7, 11) is 1.59. The summed E-state index contributed by atoms with van der Waals surface area (Å²) in [5.74, 6) is 1.25. The molecule has 19 heavy (non-hydrogen) atoms. The smallest absolute Gasteiger partial charge is 0.341 e. The Kier molecular flexibility index (Phi) is 3.91. The van der Waals surface area contributed by atoms with E-state index in [1.165, 1.54) is 0 Å². The normalized spacial score (nSPS) is 10.3. The van der Waals surface area contributed by atoms with Crippen molar-refractivity contribution in [3.05, 3.63) is 35.2 Å². The maximum atomic E-state index is 5.62. The molecule has 0 saturated carbocycles. The van der Waals surface area contributed by atoms with Crippen molar-refractivity contribution >= 4 is 0 Å². The van der Waals surface area contributed by atoms with E-state index in [1.807, 2.05) is 26.0 Å². The predicted octanol–water partition coefficient (Wildman–Crippen LogP) is 1.75. The first-order valence-electron chi connectivity index (χ1n) is 5.86. The van der Waals surface area contributed by atoms with Gasteiger partial charge in [-0.05, 0) is 31.5 Å². The second-order valence-corrected chi connectivity index (χ2v) is 4.09. The summed E-state index contributed by atoms with van der Waals surface area (Å²) in [6.45, 7) is 4.10. The Morgan fingerprint density at radius 3 is 2.42 bits per heavy atom. The highest BCUT2D eigenvalue weighted by Crippen LogP contribution is 2.25. The minimum absolute atomic E-state index is 0.208. The number of hydrogen-bond acceptors (Lipinski definition) is 6. The summed E-state index contributed by atoms with van der Waals surface area (Å²) in [4.78, 5) is 4.21. The molecule has 0 aliphatic carbocycles. The first-order chi connectivity index (χ1) is 9.12. The van der Waals surface area contributed by atoms with Crippen molar-refractivity contribution in [3.8, 4) is 17.5 Å². The van der Waals surface area contributed by atoms with Crippen molar-refractivity contribution in [2.24, 2.45) is 5.73 Å². The lowest BCUT2D eigenvalue weighted by Crippen LogP contribution is -2.01. The molecule has 6 heteroatoms. The SMILES string of the molecule is COc1cc(CN)cc(Oc2nnc(C)c(C)n2)c1. The van der Waals surface area contributed by atoms with Gasteiger partial charge in [0, 0.05) is 12.6 Å². The van der Waals surface area contributed by atoms with Crippen LogP contribution in [0.5, 0.6) is 17.5 Å². The molecule has 0 saturated heterocycles. The zero-order chi connectivity index (χ0) is 13.8. The Morgan fingerprint density at radius 1 is 1.05 bits per heavy atom. The van der Waals surface area contributed by atoms with Crippen molar-refractivity contribution < 1.29 is 9.47 Å². The molecule has 2 aromatic rings. The van der Waals surface area contributed by atoms with Gasteiger partial charge in [-0.15, -0.1) is 5.10 Å². The molecule has 0 radical (unpaired) electrons. The standard InChI is InChI=1S/C13H16N4O2/c1-8-9(2)16-17-13(15-8)19-12-5-10(7-14)4-11(6-12)18-3/h4-6H,7,14H2,1-3H3. The van der Waals surface area contributed by atoms with Crippen LogP contribution in [0.1, 0.15) is 17.0 Å². The number of benzene rings is 1. The van der Waals surface area contributed by atoms with Crippen LogP contribution >= 0.6 is 0 Å². The van der Waals surface area contributed by atoms with E-state index >= 15 is 0 Å². The lowest BCUT2D eigenvalue weighted by atomic mass is 10.2. The third kappa shape index (κ3) is 3.17. The fraction of sp³-hybridized carbons (Fsp3) is 0.308. The van der Waals surface area contributed by atoms with Gasteiger partial charge in [-0.3, -0.25) is 0 Å². The monoisotopic (exact) mass is 260 g/mol. The molecule has 0 atom stereocenters. The van der Waals surface area contributed by atoms with Gasteiger partial charge in [0.25, 0.3) is 0 Å². The minimum Gasteiger partial charge on any atom is -0.497 e. The molecule has 0 aliphatic rings. The second kappa shape index (κ2) is 5.62. The quantitative estimate of drug-likeness (QED) is 0.901. The van der Waals surface area contributed by atoms with Gasteiger partial charge in [0.2, 0.25) is 0 Å². The molecular formula is C13H16N4O2. The van der Waals surface area contributed by atoms with E-state index in [0.717, 1.165) is 17.0 Å². The lowest BCUT2D eigenvalue weighted by molar-refractivity contribution is 0.400. The molecule has 6 nitrogen and oxygen atoms in total. The van der Waals surface area contributed by atoms with Crippen LogP contribution in [0.2, 0.25) is 0 Å². The van der Waals surface area contributed by atoms with E-state index in [4.69, 9.17) is 15.2 Å². The van der Waals surface area contributed by atoms with Gasteiger partial charge in [-0.25, -0.2) is 0 Å². The van der Waals surface area contributed by atoms with Crippen molar-refractivity contribution in [1.29, 1.82) is 0 Å².